The molecule has 49 heavy (non-hydrogen) atoms. The largest absolute Gasteiger partial charge is 0.368 e. The Labute approximate surface area is 282 Å². The Morgan fingerprint density at radius 2 is 1.61 bits per heavy atom. The second-order valence-electron chi connectivity index (χ2n) is 13.7. The van der Waals surface area contributed by atoms with Crippen molar-refractivity contribution in [2.24, 2.45) is 0 Å². The van der Waals surface area contributed by atoms with Gasteiger partial charge >= 0.3 is 0 Å². The number of piperazine rings is 1. The van der Waals surface area contributed by atoms with Gasteiger partial charge in [0.15, 0.2) is 5.78 Å². The van der Waals surface area contributed by atoms with E-state index >= 15 is 0 Å². The first-order valence-electron chi connectivity index (χ1n) is 16.7. The molecule has 11 nitrogen and oxygen atoms in total. The van der Waals surface area contributed by atoms with E-state index in [1.165, 1.54) is 0 Å². The molecule has 2 fully saturated rings. The molecule has 4 heterocycles. The van der Waals surface area contributed by atoms with Gasteiger partial charge in [0.1, 0.15) is 6.04 Å². The zero-order chi connectivity index (χ0) is 34.4. The first-order chi connectivity index (χ1) is 23.5. The average Bonchev–Trinajstić information content (AvgIpc) is 3.62. The van der Waals surface area contributed by atoms with Gasteiger partial charge in [0.05, 0.1) is 34.0 Å². The van der Waals surface area contributed by atoms with E-state index < -0.39 is 35.1 Å². The Hall–Kier alpha value is -5.76. The van der Waals surface area contributed by atoms with Crippen LogP contribution in [0, 0.1) is 11.3 Å². The molecular weight excluding hydrogens is 620 g/mol. The molecule has 3 aromatic carbocycles. The number of nitriles is 1. The maximum atomic E-state index is 14.1. The molecule has 4 amide bonds. The number of rotatable bonds is 4. The van der Waals surface area contributed by atoms with Crippen LogP contribution < -0.4 is 15.1 Å². The van der Waals surface area contributed by atoms with Gasteiger partial charge in [0.25, 0.3) is 11.8 Å². The molecule has 1 unspecified atom stereocenters. The second kappa shape index (κ2) is 10.9. The third-order valence-electron chi connectivity index (χ3n) is 10.7. The van der Waals surface area contributed by atoms with Gasteiger partial charge in [-0.25, -0.2) is 0 Å². The van der Waals surface area contributed by atoms with Crippen LogP contribution >= 0.6 is 0 Å². The lowest BCUT2D eigenvalue weighted by atomic mass is 9.70. The Morgan fingerprint density at radius 1 is 0.878 bits per heavy atom. The van der Waals surface area contributed by atoms with Crippen molar-refractivity contribution in [2.45, 2.75) is 51.5 Å². The number of piperidine rings is 1. The maximum Gasteiger partial charge on any atom is 0.264 e. The standard InChI is InChI=1S/C38H34N6O5/c1-4-21-17-24-25(38(2,3)34-32(33(24)46)22-9-8-20(19-39)16-26(22)40-34)18-29(21)43-14-12-42(13-15-43)27-7-5-6-23-31(27)37(49)44(36(23)48)28-10-11-30(45)41-35(28)47/h5-9,16-18,28,40H,4,10-15H2,1-3H3,(H,41,45,47). The number of aromatic nitrogens is 1. The Bertz CT molecular complexity index is 2220. The lowest BCUT2D eigenvalue weighted by Crippen LogP contribution is -2.54. The lowest BCUT2D eigenvalue weighted by molar-refractivity contribution is -0.136. The van der Waals surface area contributed by atoms with Gasteiger partial charge < -0.3 is 14.8 Å². The highest BCUT2D eigenvalue weighted by Gasteiger charge is 2.46. The highest BCUT2D eigenvalue weighted by molar-refractivity contribution is 6.25. The van der Waals surface area contributed by atoms with Crippen molar-refractivity contribution in [3.8, 4) is 6.07 Å². The van der Waals surface area contributed by atoms with Crippen LogP contribution in [-0.4, -0.2) is 71.5 Å². The van der Waals surface area contributed by atoms with Gasteiger partial charge in [-0.1, -0.05) is 32.9 Å². The van der Waals surface area contributed by atoms with Crippen molar-refractivity contribution < 1.29 is 24.0 Å². The third kappa shape index (κ3) is 4.43. The van der Waals surface area contributed by atoms with Crippen LogP contribution in [0.15, 0.2) is 48.5 Å². The SMILES string of the molecule is CCc1cc2c(cc1N1CCN(c3cccc4c3C(=O)N(C3CCC(=O)NC3=O)C4=O)CC1)C(C)(C)c1[nH]c3cc(C#N)ccc3c1C2=O. The van der Waals surface area contributed by atoms with E-state index in [0.29, 0.717) is 54.1 Å². The smallest absolute Gasteiger partial charge is 0.264 e. The molecule has 1 aromatic heterocycles. The van der Waals surface area contributed by atoms with E-state index in [0.717, 1.165) is 44.7 Å². The average molecular weight is 655 g/mol. The van der Waals surface area contributed by atoms with E-state index in [2.05, 4.69) is 53.0 Å². The highest BCUT2D eigenvalue weighted by Crippen LogP contribution is 2.46. The van der Waals surface area contributed by atoms with Gasteiger partial charge in [-0.2, -0.15) is 5.26 Å². The number of hydrogen-bond acceptors (Lipinski definition) is 8. The number of carbonyl (C=O) groups excluding carboxylic acids is 5. The summed E-state index contributed by atoms with van der Waals surface area (Å²) in [4.78, 5) is 74.4. The van der Waals surface area contributed by atoms with Gasteiger partial charge in [-0.3, -0.25) is 34.2 Å². The molecule has 0 saturated carbocycles. The second-order valence-corrected chi connectivity index (χ2v) is 13.7. The van der Waals surface area contributed by atoms with Crippen molar-refractivity contribution in [2.75, 3.05) is 36.0 Å². The zero-order valence-corrected chi connectivity index (χ0v) is 27.5. The van der Waals surface area contributed by atoms with Crippen molar-refractivity contribution in [3.63, 3.8) is 0 Å². The topological polar surface area (TPSA) is 147 Å². The number of H-pyrrole nitrogens is 1. The molecule has 0 spiro atoms. The summed E-state index contributed by atoms with van der Waals surface area (Å²) in [5, 5.41) is 12.5. The van der Waals surface area contributed by atoms with E-state index in [-0.39, 0.29) is 24.2 Å². The number of aromatic amines is 1. The normalized spacial score (nSPS) is 19.9. The number of amides is 4. The van der Waals surface area contributed by atoms with Crippen molar-refractivity contribution in [3.05, 3.63) is 93.2 Å². The van der Waals surface area contributed by atoms with Crippen molar-refractivity contribution in [1.29, 1.82) is 5.26 Å². The summed E-state index contributed by atoms with van der Waals surface area (Å²) >= 11 is 0. The number of hydrogen-bond donors (Lipinski definition) is 2. The number of nitrogens with one attached hydrogen (secondary N) is 2. The molecule has 8 rings (SSSR count). The van der Waals surface area contributed by atoms with E-state index in [9.17, 15) is 29.2 Å². The number of anilines is 2. The molecule has 4 aromatic rings. The molecular formula is C38H34N6O5. The van der Waals surface area contributed by atoms with Crippen LogP contribution in [0.4, 0.5) is 11.4 Å². The van der Waals surface area contributed by atoms with Gasteiger partial charge in [-0.15, -0.1) is 0 Å². The number of nitrogens with zero attached hydrogens (tertiary/aromatic N) is 4. The van der Waals surface area contributed by atoms with Gasteiger partial charge in [0.2, 0.25) is 11.8 Å². The minimum absolute atomic E-state index is 0.0187. The molecule has 11 heteroatoms. The Balaban J connectivity index is 1.08. The summed E-state index contributed by atoms with van der Waals surface area (Å²) in [7, 11) is 0. The summed E-state index contributed by atoms with van der Waals surface area (Å²) in [6.07, 6.45) is 0.914. The van der Waals surface area contributed by atoms with E-state index in [1.807, 2.05) is 18.2 Å². The third-order valence-corrected chi connectivity index (χ3v) is 10.7. The summed E-state index contributed by atoms with van der Waals surface area (Å²) in [6, 6.07) is 16.0. The first kappa shape index (κ1) is 30.6. The quantitative estimate of drug-likeness (QED) is 0.312. The predicted octanol–water partition coefficient (Wildman–Crippen LogP) is 4.20. The van der Waals surface area contributed by atoms with Crippen LogP contribution in [0.3, 0.4) is 0 Å². The van der Waals surface area contributed by atoms with Crippen molar-refractivity contribution >= 4 is 51.7 Å². The van der Waals surface area contributed by atoms with Crippen LogP contribution in [0.1, 0.15) is 92.6 Å². The summed E-state index contributed by atoms with van der Waals surface area (Å²) in [6.45, 7) is 8.81. The van der Waals surface area contributed by atoms with Crippen LogP contribution in [-0.2, 0) is 21.4 Å². The summed E-state index contributed by atoms with van der Waals surface area (Å²) in [5.74, 6) is -2.08. The Morgan fingerprint density at radius 3 is 2.31 bits per heavy atom. The molecule has 246 valence electrons. The molecule has 4 aliphatic rings. The summed E-state index contributed by atoms with van der Waals surface area (Å²) in [5.41, 5.74) is 7.34. The molecule has 2 N–H and O–H groups in total. The first-order valence-corrected chi connectivity index (χ1v) is 16.7. The van der Waals surface area contributed by atoms with Crippen molar-refractivity contribution in [1.82, 2.24) is 15.2 Å². The zero-order valence-electron chi connectivity index (χ0n) is 27.5. The molecule has 3 aliphatic heterocycles. The fourth-order valence-corrected chi connectivity index (χ4v) is 8.11. The number of fused-ring (bicyclic) bond motifs is 5. The highest BCUT2D eigenvalue weighted by atomic mass is 16.2. The monoisotopic (exact) mass is 654 g/mol. The van der Waals surface area contributed by atoms with Gasteiger partial charge in [-0.05, 0) is 60.4 Å². The molecule has 0 bridgehead atoms. The molecule has 1 aliphatic carbocycles. The lowest BCUT2D eigenvalue weighted by Gasteiger charge is -2.40. The maximum absolute atomic E-state index is 14.1. The van der Waals surface area contributed by atoms with E-state index in [4.69, 9.17) is 0 Å². The number of aryl methyl sites for hydroxylation is 1. The minimum atomic E-state index is -1.02. The summed E-state index contributed by atoms with van der Waals surface area (Å²) < 4.78 is 0. The molecule has 1 atom stereocenters. The number of ketones is 1. The Kier molecular flexibility index (Phi) is 6.79. The van der Waals surface area contributed by atoms with Crippen LogP contribution in [0.5, 0.6) is 0 Å². The molecule has 0 radical (unpaired) electrons. The van der Waals surface area contributed by atoms with Gasteiger partial charge in [0, 0.05) is 65.9 Å². The number of benzene rings is 3. The number of carbonyl (C=O) groups is 5. The number of imide groups is 2. The fourth-order valence-electron chi connectivity index (χ4n) is 8.11. The molecule has 2 saturated heterocycles. The fraction of sp³-hybridized carbons (Fsp3) is 0.316. The van der Waals surface area contributed by atoms with Crippen LogP contribution in [0.25, 0.3) is 10.9 Å². The van der Waals surface area contributed by atoms with E-state index in [1.54, 1.807) is 24.3 Å². The predicted molar refractivity (Wildman–Crippen MR) is 182 cm³/mol. The minimum Gasteiger partial charge on any atom is -0.368 e. The van der Waals surface area contributed by atoms with Crippen LogP contribution in [0.2, 0.25) is 0 Å².